The predicted octanol–water partition coefficient (Wildman–Crippen LogP) is 6.54. The molecular formula is C32H38ClN3O5. The van der Waals surface area contributed by atoms with E-state index in [1.165, 1.54) is 0 Å². The van der Waals surface area contributed by atoms with Gasteiger partial charge in [-0.25, -0.2) is 9.59 Å². The number of hydrogen-bond acceptors (Lipinski definition) is 5. The first-order chi connectivity index (χ1) is 19.6. The van der Waals surface area contributed by atoms with Gasteiger partial charge in [0.25, 0.3) is 0 Å². The molecule has 0 fully saturated rings. The fourth-order valence-corrected chi connectivity index (χ4v) is 4.28. The van der Waals surface area contributed by atoms with Gasteiger partial charge in [0.05, 0.1) is 6.04 Å². The molecule has 0 radical (unpaired) electrons. The van der Waals surface area contributed by atoms with Gasteiger partial charge in [-0.15, -0.1) is 0 Å². The first-order valence-corrected chi connectivity index (χ1v) is 14.0. The Morgan fingerprint density at radius 3 is 1.95 bits per heavy atom. The maximum atomic E-state index is 13.5. The Kier molecular flexibility index (Phi) is 12.0. The lowest BCUT2D eigenvalue weighted by Gasteiger charge is -2.26. The Hall–Kier alpha value is -4.04. The molecule has 3 amide bonds. The second-order valence-electron chi connectivity index (χ2n) is 10.6. The zero-order chi connectivity index (χ0) is 29.7. The Morgan fingerprint density at radius 1 is 0.780 bits per heavy atom. The smallest absolute Gasteiger partial charge is 0.408 e. The molecule has 218 valence electrons. The van der Waals surface area contributed by atoms with E-state index in [1.54, 1.807) is 39.0 Å². The van der Waals surface area contributed by atoms with Gasteiger partial charge in [0.1, 0.15) is 18.2 Å². The summed E-state index contributed by atoms with van der Waals surface area (Å²) < 4.78 is 10.6. The molecule has 0 saturated carbocycles. The van der Waals surface area contributed by atoms with E-state index in [0.29, 0.717) is 30.8 Å². The lowest BCUT2D eigenvalue weighted by Crippen LogP contribution is -2.49. The monoisotopic (exact) mass is 579 g/mol. The van der Waals surface area contributed by atoms with Gasteiger partial charge >= 0.3 is 12.2 Å². The molecule has 0 aromatic heterocycles. The average Bonchev–Trinajstić information content (AvgIpc) is 2.94. The van der Waals surface area contributed by atoms with Crippen molar-refractivity contribution >= 4 is 29.7 Å². The van der Waals surface area contributed by atoms with E-state index in [4.69, 9.17) is 21.1 Å². The summed E-state index contributed by atoms with van der Waals surface area (Å²) in [5.74, 6) is -0.333. The lowest BCUT2D eigenvalue weighted by atomic mass is 9.98. The van der Waals surface area contributed by atoms with Crippen molar-refractivity contribution in [1.29, 1.82) is 0 Å². The van der Waals surface area contributed by atoms with Crippen molar-refractivity contribution in [2.75, 3.05) is 6.54 Å². The molecule has 1 atom stereocenters. The minimum absolute atomic E-state index is 0.0670. The summed E-state index contributed by atoms with van der Waals surface area (Å²) in [6.45, 7) is 5.70. The van der Waals surface area contributed by atoms with E-state index in [1.807, 2.05) is 66.7 Å². The van der Waals surface area contributed by atoms with Crippen LogP contribution in [-0.2, 0) is 20.9 Å². The number of carbonyl (C=O) groups is 3. The summed E-state index contributed by atoms with van der Waals surface area (Å²) in [5.41, 5.74) is 1.84. The Balaban J connectivity index is 1.58. The SMILES string of the molecule is CC(C)(C)OC(=O)N[C@H](CCCCNC(=O)OCc1ccccc1Cl)C(=O)NC(c1ccccc1)c1ccccc1. The topological polar surface area (TPSA) is 106 Å². The van der Waals surface area contributed by atoms with E-state index in [0.717, 1.165) is 16.7 Å². The summed E-state index contributed by atoms with van der Waals surface area (Å²) in [6.07, 6.45) is 0.244. The number of alkyl carbamates (subject to hydrolysis) is 2. The number of unbranched alkanes of at least 4 members (excludes halogenated alkanes) is 1. The van der Waals surface area contributed by atoms with Gasteiger partial charge in [-0.1, -0.05) is 90.5 Å². The first kappa shape index (κ1) is 31.5. The zero-order valence-electron chi connectivity index (χ0n) is 23.7. The molecule has 0 saturated heterocycles. The van der Waals surface area contributed by atoms with E-state index >= 15 is 0 Å². The van der Waals surface area contributed by atoms with E-state index in [-0.39, 0.29) is 12.5 Å². The number of halogens is 1. The number of amides is 3. The fraction of sp³-hybridized carbons (Fsp3) is 0.344. The summed E-state index contributed by atoms with van der Waals surface area (Å²) in [6, 6.07) is 25.2. The fourth-order valence-electron chi connectivity index (χ4n) is 4.09. The van der Waals surface area contributed by atoms with Crippen LogP contribution in [0.15, 0.2) is 84.9 Å². The van der Waals surface area contributed by atoms with Crippen LogP contribution in [0, 0.1) is 0 Å². The molecule has 0 heterocycles. The van der Waals surface area contributed by atoms with E-state index in [2.05, 4.69) is 16.0 Å². The molecule has 9 heteroatoms. The van der Waals surface area contributed by atoms with Crippen LogP contribution < -0.4 is 16.0 Å². The first-order valence-electron chi connectivity index (χ1n) is 13.7. The molecule has 0 unspecified atom stereocenters. The van der Waals surface area contributed by atoms with Gasteiger partial charge in [-0.2, -0.15) is 0 Å². The van der Waals surface area contributed by atoms with Crippen molar-refractivity contribution in [3.8, 4) is 0 Å². The third-order valence-electron chi connectivity index (χ3n) is 6.07. The van der Waals surface area contributed by atoms with Crippen molar-refractivity contribution in [2.24, 2.45) is 0 Å². The van der Waals surface area contributed by atoms with Gasteiger partial charge < -0.3 is 25.4 Å². The van der Waals surface area contributed by atoms with Gasteiger partial charge in [-0.05, 0) is 57.2 Å². The van der Waals surface area contributed by atoms with Crippen molar-refractivity contribution in [2.45, 2.75) is 64.3 Å². The van der Waals surface area contributed by atoms with Crippen LogP contribution in [0.25, 0.3) is 0 Å². The maximum absolute atomic E-state index is 13.5. The molecule has 0 aliphatic heterocycles. The van der Waals surface area contributed by atoms with Crippen LogP contribution in [-0.4, -0.2) is 36.3 Å². The predicted molar refractivity (Wildman–Crippen MR) is 160 cm³/mol. The van der Waals surface area contributed by atoms with Crippen LogP contribution in [0.3, 0.4) is 0 Å². The third-order valence-corrected chi connectivity index (χ3v) is 6.43. The third kappa shape index (κ3) is 11.2. The molecule has 3 aromatic rings. The van der Waals surface area contributed by atoms with Crippen LogP contribution in [0.1, 0.15) is 62.8 Å². The zero-order valence-corrected chi connectivity index (χ0v) is 24.4. The number of nitrogens with one attached hydrogen (secondary N) is 3. The van der Waals surface area contributed by atoms with E-state index < -0.39 is 29.9 Å². The Bertz CT molecular complexity index is 1230. The number of benzene rings is 3. The number of carbonyl (C=O) groups excluding carboxylic acids is 3. The number of rotatable bonds is 12. The molecule has 0 bridgehead atoms. The van der Waals surface area contributed by atoms with Crippen molar-refractivity contribution in [1.82, 2.24) is 16.0 Å². The quantitative estimate of drug-likeness (QED) is 0.211. The highest BCUT2D eigenvalue weighted by Crippen LogP contribution is 2.22. The van der Waals surface area contributed by atoms with E-state index in [9.17, 15) is 14.4 Å². The van der Waals surface area contributed by atoms with Gasteiger partial charge in [-0.3, -0.25) is 4.79 Å². The summed E-state index contributed by atoms with van der Waals surface area (Å²) in [5, 5.41) is 9.07. The molecule has 0 aliphatic rings. The average molecular weight is 580 g/mol. The second-order valence-corrected chi connectivity index (χ2v) is 11.0. The number of ether oxygens (including phenoxy) is 2. The van der Waals surface area contributed by atoms with Crippen LogP contribution in [0.5, 0.6) is 0 Å². The van der Waals surface area contributed by atoms with Gasteiger partial charge in [0.2, 0.25) is 5.91 Å². The molecule has 3 N–H and O–H groups in total. The molecule has 8 nitrogen and oxygen atoms in total. The molecular weight excluding hydrogens is 542 g/mol. The Labute approximate surface area is 246 Å². The molecule has 0 spiro atoms. The van der Waals surface area contributed by atoms with Crippen LogP contribution >= 0.6 is 11.6 Å². The molecule has 3 aromatic carbocycles. The number of hydrogen-bond donors (Lipinski definition) is 3. The Morgan fingerprint density at radius 2 is 1.37 bits per heavy atom. The highest BCUT2D eigenvalue weighted by Gasteiger charge is 2.27. The van der Waals surface area contributed by atoms with Gasteiger partial charge in [0.15, 0.2) is 0 Å². The van der Waals surface area contributed by atoms with Crippen LogP contribution in [0.2, 0.25) is 5.02 Å². The largest absolute Gasteiger partial charge is 0.445 e. The van der Waals surface area contributed by atoms with Crippen LogP contribution in [0.4, 0.5) is 9.59 Å². The normalized spacial score (nSPS) is 11.8. The molecule has 41 heavy (non-hydrogen) atoms. The summed E-state index contributed by atoms with van der Waals surface area (Å²) in [4.78, 5) is 38.2. The summed E-state index contributed by atoms with van der Waals surface area (Å²) >= 11 is 6.10. The minimum atomic E-state index is -0.841. The lowest BCUT2D eigenvalue weighted by molar-refractivity contribution is -0.123. The highest BCUT2D eigenvalue weighted by molar-refractivity contribution is 6.31. The molecule has 0 aliphatic carbocycles. The second kappa shape index (κ2) is 15.7. The van der Waals surface area contributed by atoms with Crippen molar-refractivity contribution in [3.63, 3.8) is 0 Å². The summed E-state index contributed by atoms with van der Waals surface area (Å²) in [7, 11) is 0. The van der Waals surface area contributed by atoms with Gasteiger partial charge in [0, 0.05) is 17.1 Å². The molecule has 3 rings (SSSR count). The van der Waals surface area contributed by atoms with Crippen molar-refractivity contribution in [3.05, 3.63) is 107 Å². The highest BCUT2D eigenvalue weighted by atomic mass is 35.5. The maximum Gasteiger partial charge on any atom is 0.408 e. The van der Waals surface area contributed by atoms with Crippen molar-refractivity contribution < 1.29 is 23.9 Å². The standard InChI is InChI=1S/C32H38ClN3O5/c1-32(2,3)41-31(39)35-27(20-12-13-21-34-30(38)40-22-25-18-10-11-19-26(25)33)29(37)36-28(23-14-6-4-7-15-23)24-16-8-5-9-17-24/h4-11,14-19,27-28H,12-13,20-22H2,1-3H3,(H,34,38)(H,35,39)(H,36,37)/t27-/m1/s1. The minimum Gasteiger partial charge on any atom is -0.445 e.